The highest BCUT2D eigenvalue weighted by molar-refractivity contribution is 6.33. The van der Waals surface area contributed by atoms with Crippen molar-refractivity contribution in [2.75, 3.05) is 38.7 Å². The van der Waals surface area contributed by atoms with E-state index in [0.29, 0.717) is 35.4 Å². The lowest BCUT2D eigenvalue weighted by Crippen LogP contribution is -2.39. The number of carbonyl (C=O) groups is 2. The van der Waals surface area contributed by atoms with Crippen LogP contribution in [0.5, 0.6) is 11.5 Å². The Labute approximate surface area is 174 Å². The maximum atomic E-state index is 12.4. The first kappa shape index (κ1) is 21.0. The smallest absolute Gasteiger partial charge is 0.238 e. The zero-order valence-corrected chi connectivity index (χ0v) is 17.2. The number of hydrogen-bond acceptors (Lipinski definition) is 5. The fourth-order valence-corrected chi connectivity index (χ4v) is 3.18. The number of ether oxygens (including phenoxy) is 2. The van der Waals surface area contributed by atoms with Gasteiger partial charge in [-0.3, -0.25) is 14.5 Å². The summed E-state index contributed by atoms with van der Waals surface area (Å²) in [4.78, 5) is 26.2. The Bertz CT molecular complexity index is 890. The van der Waals surface area contributed by atoms with Gasteiger partial charge in [0.2, 0.25) is 11.8 Å². The van der Waals surface area contributed by atoms with E-state index >= 15 is 0 Å². The third-order valence-corrected chi connectivity index (χ3v) is 4.75. The van der Waals surface area contributed by atoms with Gasteiger partial charge in [0.25, 0.3) is 0 Å². The standard InChI is InChI=1S/C21H24ClN3O4/c1-14(15-7-8-18-19(11-15)29-10-9-28-18)23-20(26)12-25(2)13-21(27)24-17-6-4-3-5-16(17)22/h3-8,11,14H,9-10,12-13H2,1-2H3,(H,23,26)(H,24,27)/t14-/m1/s1. The molecule has 0 radical (unpaired) electrons. The molecule has 8 heteroatoms. The molecule has 2 amide bonds. The Morgan fingerprint density at radius 3 is 2.52 bits per heavy atom. The number of hydrogen-bond donors (Lipinski definition) is 2. The minimum Gasteiger partial charge on any atom is -0.486 e. The molecule has 0 unspecified atom stereocenters. The van der Waals surface area contributed by atoms with Crippen LogP contribution in [0.2, 0.25) is 5.02 Å². The van der Waals surface area contributed by atoms with Gasteiger partial charge in [-0.1, -0.05) is 29.8 Å². The summed E-state index contributed by atoms with van der Waals surface area (Å²) in [5, 5.41) is 6.14. The highest BCUT2D eigenvalue weighted by Gasteiger charge is 2.17. The molecule has 0 aliphatic carbocycles. The van der Waals surface area contributed by atoms with Crippen LogP contribution in [0.15, 0.2) is 42.5 Å². The molecular weight excluding hydrogens is 394 g/mol. The summed E-state index contributed by atoms with van der Waals surface area (Å²) in [6.45, 7) is 3.10. The van der Waals surface area contributed by atoms with E-state index in [1.54, 1.807) is 36.2 Å². The molecule has 1 atom stereocenters. The van der Waals surface area contributed by atoms with E-state index in [4.69, 9.17) is 21.1 Å². The van der Waals surface area contributed by atoms with Gasteiger partial charge in [0.15, 0.2) is 11.5 Å². The summed E-state index contributed by atoms with van der Waals surface area (Å²) in [6, 6.07) is 12.4. The Balaban J connectivity index is 1.48. The van der Waals surface area contributed by atoms with Crippen LogP contribution in [0.3, 0.4) is 0 Å². The topological polar surface area (TPSA) is 79.9 Å². The molecule has 2 N–H and O–H groups in total. The SMILES string of the molecule is C[C@@H](NC(=O)CN(C)CC(=O)Nc1ccccc1Cl)c1ccc2c(c1)OCCO2. The molecule has 0 fully saturated rings. The van der Waals surface area contributed by atoms with Crippen molar-refractivity contribution in [3.63, 3.8) is 0 Å². The normalized spacial score (nSPS) is 13.7. The molecule has 1 aliphatic heterocycles. The Morgan fingerprint density at radius 2 is 1.76 bits per heavy atom. The monoisotopic (exact) mass is 417 g/mol. The second-order valence-corrected chi connectivity index (χ2v) is 7.30. The molecule has 3 rings (SSSR count). The van der Waals surface area contributed by atoms with Gasteiger partial charge in [-0.2, -0.15) is 0 Å². The summed E-state index contributed by atoms with van der Waals surface area (Å²) in [5.74, 6) is 0.972. The highest BCUT2D eigenvalue weighted by atomic mass is 35.5. The van der Waals surface area contributed by atoms with Crippen molar-refractivity contribution in [1.29, 1.82) is 0 Å². The third-order valence-electron chi connectivity index (χ3n) is 4.42. The van der Waals surface area contributed by atoms with E-state index in [0.717, 1.165) is 5.56 Å². The van der Waals surface area contributed by atoms with Gasteiger partial charge in [0.05, 0.1) is 29.8 Å². The van der Waals surface area contributed by atoms with Crippen LogP contribution in [0.1, 0.15) is 18.5 Å². The predicted octanol–water partition coefficient (Wildman–Crippen LogP) is 2.86. The van der Waals surface area contributed by atoms with Crippen molar-refractivity contribution < 1.29 is 19.1 Å². The molecule has 2 aromatic rings. The van der Waals surface area contributed by atoms with Gasteiger partial charge in [-0.05, 0) is 43.8 Å². The molecule has 2 aromatic carbocycles. The number of para-hydroxylation sites is 1. The van der Waals surface area contributed by atoms with Crippen molar-refractivity contribution >= 4 is 29.1 Å². The Morgan fingerprint density at radius 1 is 1.07 bits per heavy atom. The van der Waals surface area contributed by atoms with Crippen LogP contribution in [-0.4, -0.2) is 50.1 Å². The lowest BCUT2D eigenvalue weighted by Gasteiger charge is -2.22. The molecule has 1 aliphatic rings. The minimum absolute atomic E-state index is 0.0665. The van der Waals surface area contributed by atoms with E-state index in [9.17, 15) is 9.59 Å². The van der Waals surface area contributed by atoms with Crippen molar-refractivity contribution in [3.05, 3.63) is 53.1 Å². The maximum Gasteiger partial charge on any atom is 0.238 e. The second-order valence-electron chi connectivity index (χ2n) is 6.89. The molecule has 0 saturated carbocycles. The third kappa shape index (κ3) is 5.85. The zero-order chi connectivity index (χ0) is 20.8. The molecule has 0 bridgehead atoms. The fraction of sp³-hybridized carbons (Fsp3) is 0.333. The van der Waals surface area contributed by atoms with Crippen LogP contribution >= 0.6 is 11.6 Å². The molecule has 0 spiro atoms. The number of anilines is 1. The summed E-state index contributed by atoms with van der Waals surface area (Å²) < 4.78 is 11.1. The van der Waals surface area contributed by atoms with E-state index in [2.05, 4.69) is 10.6 Å². The maximum absolute atomic E-state index is 12.4. The molecule has 1 heterocycles. The van der Waals surface area contributed by atoms with Gasteiger partial charge >= 0.3 is 0 Å². The van der Waals surface area contributed by atoms with Crippen LogP contribution in [-0.2, 0) is 9.59 Å². The summed E-state index contributed by atoms with van der Waals surface area (Å²) in [5.41, 5.74) is 1.46. The number of amides is 2. The Kier molecular flexibility index (Phi) is 6.95. The number of rotatable bonds is 7. The average molecular weight is 418 g/mol. The predicted molar refractivity (Wildman–Crippen MR) is 112 cm³/mol. The van der Waals surface area contributed by atoms with E-state index < -0.39 is 0 Å². The van der Waals surface area contributed by atoms with Gasteiger partial charge in [-0.15, -0.1) is 0 Å². The molecule has 0 aromatic heterocycles. The number of nitrogens with zero attached hydrogens (tertiary/aromatic N) is 1. The lowest BCUT2D eigenvalue weighted by atomic mass is 10.1. The first-order valence-corrected chi connectivity index (χ1v) is 9.72. The van der Waals surface area contributed by atoms with Crippen molar-refractivity contribution in [3.8, 4) is 11.5 Å². The summed E-state index contributed by atoms with van der Waals surface area (Å²) in [7, 11) is 1.71. The van der Waals surface area contributed by atoms with Crippen LogP contribution in [0.4, 0.5) is 5.69 Å². The summed E-state index contributed by atoms with van der Waals surface area (Å²) in [6.07, 6.45) is 0. The molecule has 7 nitrogen and oxygen atoms in total. The highest BCUT2D eigenvalue weighted by Crippen LogP contribution is 2.32. The first-order chi connectivity index (χ1) is 13.9. The van der Waals surface area contributed by atoms with Crippen molar-refractivity contribution in [2.24, 2.45) is 0 Å². The molecule has 154 valence electrons. The fourth-order valence-electron chi connectivity index (χ4n) is 3.00. The van der Waals surface area contributed by atoms with Gasteiger partial charge in [0, 0.05) is 0 Å². The van der Waals surface area contributed by atoms with Crippen molar-refractivity contribution in [1.82, 2.24) is 10.2 Å². The van der Waals surface area contributed by atoms with E-state index in [-0.39, 0.29) is 30.9 Å². The van der Waals surface area contributed by atoms with E-state index in [1.165, 1.54) is 0 Å². The second kappa shape index (κ2) is 9.62. The number of likely N-dealkylation sites (N-methyl/N-ethyl adjacent to an activating group) is 1. The number of fused-ring (bicyclic) bond motifs is 1. The van der Waals surface area contributed by atoms with Gasteiger partial charge in [-0.25, -0.2) is 0 Å². The van der Waals surface area contributed by atoms with Crippen molar-refractivity contribution in [2.45, 2.75) is 13.0 Å². The van der Waals surface area contributed by atoms with Gasteiger partial charge in [0.1, 0.15) is 13.2 Å². The zero-order valence-electron chi connectivity index (χ0n) is 16.4. The van der Waals surface area contributed by atoms with Crippen LogP contribution < -0.4 is 20.1 Å². The number of carbonyl (C=O) groups excluding carboxylic acids is 2. The average Bonchev–Trinajstić information content (AvgIpc) is 2.69. The van der Waals surface area contributed by atoms with E-state index in [1.807, 2.05) is 25.1 Å². The number of nitrogens with one attached hydrogen (secondary N) is 2. The summed E-state index contributed by atoms with van der Waals surface area (Å²) >= 11 is 6.04. The van der Waals surface area contributed by atoms with Gasteiger partial charge < -0.3 is 20.1 Å². The molecule has 0 saturated heterocycles. The molecular formula is C21H24ClN3O4. The minimum atomic E-state index is -0.242. The molecule has 29 heavy (non-hydrogen) atoms. The van der Waals surface area contributed by atoms with Crippen LogP contribution in [0.25, 0.3) is 0 Å². The number of halogens is 1. The number of benzene rings is 2. The van der Waals surface area contributed by atoms with Crippen LogP contribution in [0, 0.1) is 0 Å². The first-order valence-electron chi connectivity index (χ1n) is 9.34. The Hall–Kier alpha value is -2.77. The lowest BCUT2D eigenvalue weighted by molar-refractivity contribution is -0.123. The largest absolute Gasteiger partial charge is 0.486 e. The quantitative estimate of drug-likeness (QED) is 0.724.